The van der Waals surface area contributed by atoms with E-state index in [4.69, 9.17) is 18.9 Å². The van der Waals surface area contributed by atoms with Crippen molar-refractivity contribution in [2.24, 2.45) is 14.1 Å². The quantitative estimate of drug-likeness (QED) is 0.0828. The second-order valence-electron chi connectivity index (χ2n) is 16.2. The third-order valence-corrected chi connectivity index (χ3v) is 11.7. The number of para-hydroxylation sites is 1. The molecule has 65 heavy (non-hydrogen) atoms. The van der Waals surface area contributed by atoms with Crippen LogP contribution >= 0.6 is 0 Å². The molecule has 3 aliphatic rings. The van der Waals surface area contributed by atoms with Crippen LogP contribution in [0.3, 0.4) is 0 Å². The Balaban J connectivity index is 0.867. The Bertz CT molecular complexity index is 2550. The maximum absolute atomic E-state index is 14.0. The number of carbonyl (C=O) groups excluding carboxylic acids is 4. The van der Waals surface area contributed by atoms with Gasteiger partial charge in [0.25, 0.3) is 17.7 Å². The molecule has 2 aromatic heterocycles. The number of aryl methyl sites for hydroxylation is 2. The fourth-order valence-electron chi connectivity index (χ4n) is 8.44. The molecule has 4 N–H and O–H groups in total. The molecule has 5 aromatic rings. The standard InChI is InChI=1S/C47H52N8O10/c1-52-27-32(24-37(52)43(57)49-31-19-17-29(18-20-31)34-28-53(2)42(51-34)44(58)50-30-12-5-4-6-13-30)48-40(56)15-11-23-63-39-26-36-33(25-38(39)62-3)45(59)54-21-9-7-14-35(54)46(55(36)47(60)61)65-41-16-8-10-22-64-41/h4-6,12-13,17-20,24-28,35,41,46H,7-11,14-16,21-23H2,1-3H3,(H,48,56)(H,49,57)(H,50,58)(H,60,61)/t35-,41?,46-/m0/s1. The molecule has 3 aromatic carbocycles. The zero-order valence-electron chi connectivity index (χ0n) is 36.5. The van der Waals surface area contributed by atoms with E-state index in [-0.39, 0.29) is 71.7 Å². The summed E-state index contributed by atoms with van der Waals surface area (Å²) in [6.45, 7) is 1.05. The summed E-state index contributed by atoms with van der Waals surface area (Å²) < 4.78 is 27.2. The molecule has 0 aliphatic carbocycles. The van der Waals surface area contributed by atoms with Gasteiger partial charge >= 0.3 is 6.09 Å². The molecule has 3 aliphatic heterocycles. The van der Waals surface area contributed by atoms with Crippen LogP contribution in [0.4, 0.5) is 27.5 Å². The molecule has 18 nitrogen and oxygen atoms in total. The predicted molar refractivity (Wildman–Crippen MR) is 240 cm³/mol. The lowest BCUT2D eigenvalue weighted by Gasteiger charge is -2.42. The van der Waals surface area contributed by atoms with Gasteiger partial charge in [-0.05, 0) is 81.3 Å². The van der Waals surface area contributed by atoms with Crippen LogP contribution in [0.25, 0.3) is 11.3 Å². The van der Waals surface area contributed by atoms with Crippen LogP contribution in [0.15, 0.2) is 85.2 Å². The Kier molecular flexibility index (Phi) is 13.5. The van der Waals surface area contributed by atoms with Crippen LogP contribution < -0.4 is 30.3 Å². The van der Waals surface area contributed by atoms with Gasteiger partial charge in [-0.15, -0.1) is 0 Å². The summed E-state index contributed by atoms with van der Waals surface area (Å²) in [6.07, 6.45) is 5.46. The summed E-state index contributed by atoms with van der Waals surface area (Å²) in [4.78, 5) is 73.7. The molecule has 0 radical (unpaired) electrons. The van der Waals surface area contributed by atoms with Crippen molar-refractivity contribution in [3.63, 3.8) is 0 Å². The summed E-state index contributed by atoms with van der Waals surface area (Å²) in [5.41, 5.74) is 3.57. The van der Waals surface area contributed by atoms with Crippen LogP contribution in [-0.4, -0.2) is 99.3 Å². The average Bonchev–Trinajstić information content (AvgIpc) is 3.86. The smallest absolute Gasteiger partial charge is 0.414 e. The molecule has 0 bridgehead atoms. The van der Waals surface area contributed by atoms with E-state index < -0.39 is 24.7 Å². The molecule has 8 rings (SSSR count). The lowest BCUT2D eigenvalue weighted by molar-refractivity contribution is -0.198. The molecular weight excluding hydrogens is 837 g/mol. The van der Waals surface area contributed by atoms with E-state index in [9.17, 15) is 29.1 Å². The van der Waals surface area contributed by atoms with Crippen molar-refractivity contribution in [1.82, 2.24) is 19.0 Å². The van der Waals surface area contributed by atoms with Crippen LogP contribution in [0.2, 0.25) is 0 Å². The molecule has 5 amide bonds. The van der Waals surface area contributed by atoms with Crippen LogP contribution in [0.5, 0.6) is 11.5 Å². The summed E-state index contributed by atoms with van der Waals surface area (Å²) in [7, 11) is 4.89. The zero-order valence-corrected chi connectivity index (χ0v) is 36.5. The molecule has 5 heterocycles. The highest BCUT2D eigenvalue weighted by atomic mass is 16.7. The number of carbonyl (C=O) groups is 5. The number of rotatable bonds is 14. The van der Waals surface area contributed by atoms with E-state index in [1.807, 2.05) is 18.2 Å². The predicted octanol–water partition coefficient (Wildman–Crippen LogP) is 7.10. The van der Waals surface area contributed by atoms with Crippen molar-refractivity contribution in [2.45, 2.75) is 69.9 Å². The summed E-state index contributed by atoms with van der Waals surface area (Å²) in [5, 5.41) is 19.2. The first-order valence-corrected chi connectivity index (χ1v) is 21.7. The number of hydrogen-bond acceptors (Lipinski definition) is 10. The minimum atomic E-state index is -1.28. The highest BCUT2D eigenvalue weighted by molar-refractivity contribution is 6.06. The average molecular weight is 889 g/mol. The number of amides is 5. The number of aromatic nitrogens is 3. The second kappa shape index (κ2) is 19.7. The number of methoxy groups -OCH3 is 1. The van der Waals surface area contributed by atoms with Gasteiger partial charge in [-0.25, -0.2) is 14.7 Å². The molecular formula is C47H52N8O10. The highest BCUT2D eigenvalue weighted by Crippen LogP contribution is 2.42. The Morgan fingerprint density at radius 2 is 1.58 bits per heavy atom. The van der Waals surface area contributed by atoms with Crippen LogP contribution in [-0.2, 0) is 28.4 Å². The number of piperidine rings is 1. The number of benzene rings is 3. The first-order chi connectivity index (χ1) is 31.5. The van der Waals surface area contributed by atoms with Crippen molar-refractivity contribution in [3.05, 3.63) is 102 Å². The molecule has 0 saturated carbocycles. The third-order valence-electron chi connectivity index (χ3n) is 11.7. The number of carboxylic acid groups (broad SMARTS) is 1. The zero-order chi connectivity index (χ0) is 45.6. The summed E-state index contributed by atoms with van der Waals surface area (Å²) >= 11 is 0. The number of imidazole rings is 1. The molecule has 18 heteroatoms. The van der Waals surface area contributed by atoms with Gasteiger partial charge in [-0.1, -0.05) is 30.3 Å². The summed E-state index contributed by atoms with van der Waals surface area (Å²) in [5.74, 6) is -0.644. The van der Waals surface area contributed by atoms with Gasteiger partial charge in [-0.2, -0.15) is 0 Å². The van der Waals surface area contributed by atoms with Gasteiger partial charge < -0.3 is 54.0 Å². The number of nitrogens with zero attached hydrogens (tertiary/aromatic N) is 5. The molecule has 340 valence electrons. The Morgan fingerprint density at radius 1 is 0.831 bits per heavy atom. The van der Waals surface area contributed by atoms with Crippen LogP contribution in [0.1, 0.15) is 82.8 Å². The Morgan fingerprint density at radius 3 is 2.32 bits per heavy atom. The van der Waals surface area contributed by atoms with Gasteiger partial charge in [0.1, 0.15) is 5.69 Å². The molecule has 3 atom stereocenters. The van der Waals surface area contributed by atoms with Gasteiger partial charge in [0.15, 0.2) is 29.8 Å². The number of ether oxygens (including phenoxy) is 4. The van der Waals surface area contributed by atoms with Gasteiger partial charge in [0, 0.05) is 69.1 Å². The topological polar surface area (TPSA) is 208 Å². The molecule has 1 unspecified atom stereocenters. The maximum atomic E-state index is 14.0. The van der Waals surface area contributed by atoms with Crippen molar-refractivity contribution in [2.75, 3.05) is 47.7 Å². The lowest BCUT2D eigenvalue weighted by atomic mass is 10.00. The largest absolute Gasteiger partial charge is 0.493 e. The molecule has 2 saturated heterocycles. The highest BCUT2D eigenvalue weighted by Gasteiger charge is 2.46. The minimum Gasteiger partial charge on any atom is -0.493 e. The van der Waals surface area contributed by atoms with E-state index >= 15 is 0 Å². The van der Waals surface area contributed by atoms with Gasteiger partial charge in [0.05, 0.1) is 42.4 Å². The second-order valence-corrected chi connectivity index (χ2v) is 16.2. The first kappa shape index (κ1) is 44.4. The van der Waals surface area contributed by atoms with Crippen molar-refractivity contribution < 1.29 is 48.0 Å². The van der Waals surface area contributed by atoms with Crippen molar-refractivity contribution in [3.8, 4) is 22.8 Å². The van der Waals surface area contributed by atoms with Crippen molar-refractivity contribution in [1.29, 1.82) is 0 Å². The fraction of sp³-hybridized carbons (Fsp3) is 0.362. The molecule has 0 spiro atoms. The normalized spacial score (nSPS) is 18.2. The van der Waals surface area contributed by atoms with Crippen LogP contribution in [0, 0.1) is 0 Å². The van der Waals surface area contributed by atoms with Gasteiger partial charge in [-0.3, -0.25) is 19.2 Å². The number of hydrogen-bond donors (Lipinski definition) is 4. The van der Waals surface area contributed by atoms with E-state index in [2.05, 4.69) is 20.9 Å². The SMILES string of the molecule is COc1cc2c(cc1OCCCC(=O)Nc1cc(C(=O)Nc3ccc(-c4cn(C)c(C(=O)Nc5ccccc5)n4)cc3)n(C)c1)N(C(=O)O)[C@@H](OC1CCCCO1)[C@@H]1CCCCN1C2=O. The lowest BCUT2D eigenvalue weighted by Crippen LogP contribution is -2.57. The number of anilines is 4. The Hall–Kier alpha value is -7.18. The van der Waals surface area contributed by atoms with Crippen molar-refractivity contribution >= 4 is 52.5 Å². The van der Waals surface area contributed by atoms with E-state index in [0.29, 0.717) is 54.4 Å². The third kappa shape index (κ3) is 9.98. The van der Waals surface area contributed by atoms with Gasteiger partial charge in [0.2, 0.25) is 5.91 Å². The minimum absolute atomic E-state index is 0.0686. The molecule has 2 fully saturated rings. The maximum Gasteiger partial charge on any atom is 0.414 e. The van der Waals surface area contributed by atoms with E-state index in [0.717, 1.165) is 36.1 Å². The summed E-state index contributed by atoms with van der Waals surface area (Å²) in [6, 6.07) is 20.3. The first-order valence-electron chi connectivity index (χ1n) is 21.7. The number of nitrogens with one attached hydrogen (secondary N) is 3. The number of fused-ring (bicyclic) bond motifs is 2. The monoisotopic (exact) mass is 888 g/mol. The Labute approximate surface area is 375 Å². The van der Waals surface area contributed by atoms with E-state index in [1.165, 1.54) is 19.2 Å². The fourth-order valence-corrected chi connectivity index (χ4v) is 8.44. The van der Waals surface area contributed by atoms with E-state index in [1.54, 1.807) is 83.0 Å².